The van der Waals surface area contributed by atoms with Gasteiger partial charge in [-0.1, -0.05) is 49.6 Å². The summed E-state index contributed by atoms with van der Waals surface area (Å²) >= 11 is 5.88. The number of hydrogen-bond acceptors (Lipinski definition) is 2. The van der Waals surface area contributed by atoms with Gasteiger partial charge in [-0.25, -0.2) is 0 Å². The van der Waals surface area contributed by atoms with E-state index in [2.05, 4.69) is 6.92 Å². The molecule has 2 rings (SSSR count). The molecule has 21 heavy (non-hydrogen) atoms. The second-order valence-corrected chi connectivity index (χ2v) is 5.63. The van der Waals surface area contributed by atoms with Crippen LogP contribution < -0.4 is 11.3 Å². The molecule has 112 valence electrons. The van der Waals surface area contributed by atoms with E-state index in [4.69, 9.17) is 17.3 Å². The second-order valence-electron chi connectivity index (χ2n) is 5.20. The topological polar surface area (TPSA) is 48.0 Å². The number of aromatic nitrogens is 1. The number of nitrogens with zero attached hydrogens (tertiary/aromatic N) is 1. The van der Waals surface area contributed by atoms with Crippen molar-refractivity contribution in [2.24, 2.45) is 5.73 Å². The molecule has 0 aliphatic carbocycles. The fourth-order valence-corrected chi connectivity index (χ4v) is 2.48. The van der Waals surface area contributed by atoms with Crippen LogP contribution in [0.2, 0.25) is 5.02 Å². The molecule has 0 spiro atoms. The summed E-state index contributed by atoms with van der Waals surface area (Å²) in [6.07, 6.45) is 5.10. The van der Waals surface area contributed by atoms with Gasteiger partial charge in [-0.15, -0.1) is 0 Å². The zero-order valence-electron chi connectivity index (χ0n) is 12.3. The third-order valence-electron chi connectivity index (χ3n) is 3.62. The van der Waals surface area contributed by atoms with Crippen molar-refractivity contribution in [1.29, 1.82) is 0 Å². The third-order valence-corrected chi connectivity index (χ3v) is 3.87. The molecule has 0 aliphatic rings. The lowest BCUT2D eigenvalue weighted by Crippen LogP contribution is -2.28. The van der Waals surface area contributed by atoms with Crippen LogP contribution in [-0.2, 0) is 6.54 Å². The van der Waals surface area contributed by atoms with Gasteiger partial charge < -0.3 is 10.3 Å². The summed E-state index contributed by atoms with van der Waals surface area (Å²) in [5.74, 6) is 0. The van der Waals surface area contributed by atoms with Gasteiger partial charge in [-0.2, -0.15) is 0 Å². The molecule has 1 heterocycles. The molecular formula is C17H21ClN2O. The smallest absolute Gasteiger partial charge is 0.255 e. The molecule has 0 bridgehead atoms. The average Bonchev–Trinajstić information content (AvgIpc) is 2.49. The molecule has 2 aromatic rings. The van der Waals surface area contributed by atoms with E-state index in [1.807, 2.05) is 24.4 Å². The second kappa shape index (κ2) is 7.43. The lowest BCUT2D eigenvalue weighted by Gasteiger charge is -2.14. The first kappa shape index (κ1) is 15.8. The van der Waals surface area contributed by atoms with Crippen LogP contribution in [0, 0.1) is 0 Å². The first-order chi connectivity index (χ1) is 10.1. The minimum atomic E-state index is -0.423. The fraction of sp³-hybridized carbons (Fsp3) is 0.353. The van der Waals surface area contributed by atoms with E-state index in [9.17, 15) is 4.79 Å². The highest BCUT2D eigenvalue weighted by atomic mass is 35.5. The summed E-state index contributed by atoms with van der Waals surface area (Å²) in [5.41, 5.74) is 7.74. The highest BCUT2D eigenvalue weighted by Crippen LogP contribution is 2.19. The van der Waals surface area contributed by atoms with Crippen LogP contribution in [0.4, 0.5) is 0 Å². The number of nitrogens with two attached hydrogens (primary N) is 1. The normalized spacial score (nSPS) is 12.3. The molecule has 0 aliphatic heterocycles. The molecular weight excluding hydrogens is 284 g/mol. The van der Waals surface area contributed by atoms with E-state index in [1.54, 1.807) is 22.8 Å². The van der Waals surface area contributed by atoms with E-state index in [0.29, 0.717) is 10.6 Å². The van der Waals surface area contributed by atoms with Crippen LogP contribution in [0.3, 0.4) is 0 Å². The van der Waals surface area contributed by atoms with Crippen molar-refractivity contribution in [1.82, 2.24) is 4.57 Å². The maximum Gasteiger partial charge on any atom is 0.255 e. The Balaban J connectivity index is 2.25. The van der Waals surface area contributed by atoms with Crippen LogP contribution >= 0.6 is 11.6 Å². The monoisotopic (exact) mass is 304 g/mol. The molecule has 1 atom stereocenters. The van der Waals surface area contributed by atoms with Gasteiger partial charge in [0, 0.05) is 23.3 Å². The standard InChI is InChI=1S/C17H21ClN2O/c1-2-3-4-11-20-12-5-6-15(17(20)21)16(19)13-7-9-14(18)10-8-13/h5-10,12,16H,2-4,11,19H2,1H3. The molecule has 0 fully saturated rings. The van der Waals surface area contributed by atoms with Crippen LogP contribution in [0.1, 0.15) is 43.4 Å². The number of aryl methyl sites for hydroxylation is 1. The van der Waals surface area contributed by atoms with Crippen molar-refractivity contribution in [3.05, 3.63) is 69.1 Å². The predicted octanol–water partition coefficient (Wildman–Crippen LogP) is 3.74. The molecule has 1 aromatic carbocycles. The lowest BCUT2D eigenvalue weighted by atomic mass is 10.0. The van der Waals surface area contributed by atoms with Crippen LogP contribution in [0.25, 0.3) is 0 Å². The zero-order chi connectivity index (χ0) is 15.2. The van der Waals surface area contributed by atoms with Crippen LogP contribution in [-0.4, -0.2) is 4.57 Å². The number of halogens is 1. The predicted molar refractivity (Wildman–Crippen MR) is 87.7 cm³/mol. The Labute approximate surface area is 130 Å². The lowest BCUT2D eigenvalue weighted by molar-refractivity contribution is 0.581. The molecule has 1 aromatic heterocycles. The maximum absolute atomic E-state index is 12.5. The van der Waals surface area contributed by atoms with Gasteiger partial charge in [-0.3, -0.25) is 4.79 Å². The molecule has 0 saturated heterocycles. The summed E-state index contributed by atoms with van der Waals surface area (Å²) in [4.78, 5) is 12.5. The Bertz CT molecular complexity index is 634. The maximum atomic E-state index is 12.5. The first-order valence-corrected chi connectivity index (χ1v) is 7.71. The summed E-state index contributed by atoms with van der Waals surface area (Å²) in [6, 6.07) is 10.6. The third kappa shape index (κ3) is 3.96. The van der Waals surface area contributed by atoms with Crippen molar-refractivity contribution in [2.75, 3.05) is 0 Å². The van der Waals surface area contributed by atoms with Crippen molar-refractivity contribution in [3.8, 4) is 0 Å². The molecule has 4 heteroatoms. The SMILES string of the molecule is CCCCCn1cccc(C(N)c2ccc(Cl)cc2)c1=O. The van der Waals surface area contributed by atoms with Gasteiger partial charge in [0.1, 0.15) is 0 Å². The summed E-state index contributed by atoms with van der Waals surface area (Å²) in [7, 11) is 0. The van der Waals surface area contributed by atoms with E-state index < -0.39 is 6.04 Å². The van der Waals surface area contributed by atoms with Gasteiger partial charge in [-0.05, 0) is 30.2 Å². The number of unbranched alkanes of at least 4 members (excludes halogenated alkanes) is 2. The molecule has 3 nitrogen and oxygen atoms in total. The van der Waals surface area contributed by atoms with Crippen molar-refractivity contribution >= 4 is 11.6 Å². The highest BCUT2D eigenvalue weighted by Gasteiger charge is 2.13. The summed E-state index contributed by atoms with van der Waals surface area (Å²) in [6.45, 7) is 2.89. The van der Waals surface area contributed by atoms with Crippen molar-refractivity contribution in [3.63, 3.8) is 0 Å². The minimum Gasteiger partial charge on any atom is -0.320 e. The molecule has 1 unspecified atom stereocenters. The van der Waals surface area contributed by atoms with Crippen molar-refractivity contribution < 1.29 is 0 Å². The van der Waals surface area contributed by atoms with Gasteiger partial charge >= 0.3 is 0 Å². The number of rotatable bonds is 6. The van der Waals surface area contributed by atoms with E-state index >= 15 is 0 Å². The van der Waals surface area contributed by atoms with Gasteiger partial charge in [0.2, 0.25) is 0 Å². The minimum absolute atomic E-state index is 0.00365. The van der Waals surface area contributed by atoms with Crippen LogP contribution in [0.5, 0.6) is 0 Å². The van der Waals surface area contributed by atoms with Crippen molar-refractivity contribution in [2.45, 2.75) is 38.8 Å². The average molecular weight is 305 g/mol. The largest absolute Gasteiger partial charge is 0.320 e. The Morgan fingerprint density at radius 2 is 1.90 bits per heavy atom. The first-order valence-electron chi connectivity index (χ1n) is 7.34. The fourth-order valence-electron chi connectivity index (χ4n) is 2.35. The van der Waals surface area contributed by atoms with E-state index in [-0.39, 0.29) is 5.56 Å². The van der Waals surface area contributed by atoms with Gasteiger partial charge in [0.15, 0.2) is 0 Å². The van der Waals surface area contributed by atoms with E-state index in [0.717, 1.165) is 31.4 Å². The Morgan fingerprint density at radius 3 is 2.57 bits per heavy atom. The van der Waals surface area contributed by atoms with E-state index in [1.165, 1.54) is 0 Å². The Hall–Kier alpha value is -1.58. The summed E-state index contributed by atoms with van der Waals surface area (Å²) in [5, 5.41) is 0.663. The van der Waals surface area contributed by atoms with Gasteiger partial charge in [0.05, 0.1) is 6.04 Å². The summed E-state index contributed by atoms with van der Waals surface area (Å²) < 4.78 is 1.75. The number of benzene rings is 1. The Morgan fingerprint density at radius 1 is 1.19 bits per heavy atom. The van der Waals surface area contributed by atoms with Gasteiger partial charge in [0.25, 0.3) is 5.56 Å². The molecule has 2 N–H and O–H groups in total. The Kier molecular flexibility index (Phi) is 5.59. The molecule has 0 saturated carbocycles. The highest BCUT2D eigenvalue weighted by molar-refractivity contribution is 6.30. The molecule has 0 radical (unpaired) electrons. The quantitative estimate of drug-likeness (QED) is 0.826. The number of pyridine rings is 1. The zero-order valence-corrected chi connectivity index (χ0v) is 13.0. The van der Waals surface area contributed by atoms with Crippen LogP contribution in [0.15, 0.2) is 47.4 Å². The molecule has 0 amide bonds. The number of hydrogen-bond donors (Lipinski definition) is 1.